The van der Waals surface area contributed by atoms with Crippen LogP contribution in [0.1, 0.15) is 38.5 Å². The van der Waals surface area contributed by atoms with E-state index in [1.165, 1.54) is 0 Å². The van der Waals surface area contributed by atoms with Crippen molar-refractivity contribution in [3.63, 3.8) is 0 Å². The lowest BCUT2D eigenvalue weighted by atomic mass is 10.1. The van der Waals surface area contributed by atoms with Gasteiger partial charge in [-0.05, 0) is 19.3 Å². The fourth-order valence-electron chi connectivity index (χ4n) is 1.89. The summed E-state index contributed by atoms with van der Waals surface area (Å²) in [6.07, 6.45) is 2.76. The summed E-state index contributed by atoms with van der Waals surface area (Å²) in [5.74, 6) is -2.62. The minimum atomic E-state index is -5.69. The number of unbranched alkanes of at least 4 members (excludes halogenated alkanes) is 3. The lowest BCUT2D eigenvalue weighted by Crippen LogP contribution is -2.40. The summed E-state index contributed by atoms with van der Waals surface area (Å²) in [4.78, 5) is 33.6. The number of hydrogen-bond donors (Lipinski definition) is 1. The van der Waals surface area contributed by atoms with E-state index in [0.29, 0.717) is 25.7 Å². The number of esters is 2. The van der Waals surface area contributed by atoms with Crippen LogP contribution in [0.25, 0.3) is 0 Å². The standard InChI is InChI=1S/C16H22F3NO7S/c1-3-14(22)26-11-12(27-15(23)4-2)9-7-5-6-8-10-13(21)20-28(24,25)16(17,18)19/h3-4,12H,1-2,5-11H2,(H,20,21). The van der Waals surface area contributed by atoms with Crippen molar-refractivity contribution >= 4 is 27.9 Å². The van der Waals surface area contributed by atoms with E-state index >= 15 is 0 Å². The Morgan fingerprint density at radius 2 is 1.57 bits per heavy atom. The zero-order chi connectivity index (χ0) is 21.8. The highest BCUT2D eigenvalue weighted by Gasteiger charge is 2.46. The highest BCUT2D eigenvalue weighted by atomic mass is 32.2. The minimum Gasteiger partial charge on any atom is -0.459 e. The van der Waals surface area contributed by atoms with Gasteiger partial charge < -0.3 is 9.47 Å². The fraction of sp³-hybridized carbons (Fsp3) is 0.562. The number of ether oxygens (including phenoxy) is 2. The van der Waals surface area contributed by atoms with Crippen LogP contribution in [0.3, 0.4) is 0 Å². The third-order valence-electron chi connectivity index (χ3n) is 3.26. The van der Waals surface area contributed by atoms with Crippen molar-refractivity contribution in [2.45, 2.75) is 50.1 Å². The molecule has 1 atom stereocenters. The number of alkyl halides is 3. The van der Waals surface area contributed by atoms with Crippen molar-refractivity contribution in [3.05, 3.63) is 25.3 Å². The van der Waals surface area contributed by atoms with E-state index in [4.69, 9.17) is 9.47 Å². The van der Waals surface area contributed by atoms with Gasteiger partial charge in [0.25, 0.3) is 0 Å². The average Bonchev–Trinajstić information content (AvgIpc) is 2.60. The van der Waals surface area contributed by atoms with Crippen molar-refractivity contribution < 1.29 is 45.4 Å². The second-order valence-corrected chi connectivity index (χ2v) is 7.20. The van der Waals surface area contributed by atoms with Crippen molar-refractivity contribution in [1.29, 1.82) is 0 Å². The van der Waals surface area contributed by atoms with Gasteiger partial charge in [-0.2, -0.15) is 21.6 Å². The molecule has 0 aliphatic heterocycles. The molecule has 28 heavy (non-hydrogen) atoms. The molecule has 0 bridgehead atoms. The summed E-state index contributed by atoms with van der Waals surface area (Å²) >= 11 is 0. The molecular weight excluding hydrogens is 407 g/mol. The first-order chi connectivity index (χ1) is 12.9. The number of hydrogen-bond acceptors (Lipinski definition) is 7. The largest absolute Gasteiger partial charge is 0.516 e. The number of carbonyl (C=O) groups is 3. The van der Waals surface area contributed by atoms with Crippen molar-refractivity contribution in [3.8, 4) is 0 Å². The Balaban J connectivity index is 4.19. The lowest BCUT2D eigenvalue weighted by molar-refractivity contribution is -0.153. The van der Waals surface area contributed by atoms with Crippen LogP contribution in [0.4, 0.5) is 13.2 Å². The van der Waals surface area contributed by atoms with E-state index in [1.54, 1.807) is 0 Å². The van der Waals surface area contributed by atoms with Gasteiger partial charge in [0.15, 0.2) is 0 Å². The lowest BCUT2D eigenvalue weighted by Gasteiger charge is -2.16. The molecule has 160 valence electrons. The fourth-order valence-corrected chi connectivity index (χ4v) is 2.41. The monoisotopic (exact) mass is 429 g/mol. The Kier molecular flexibility index (Phi) is 11.1. The van der Waals surface area contributed by atoms with E-state index in [2.05, 4.69) is 13.2 Å². The minimum absolute atomic E-state index is 0.168. The molecule has 1 amide bonds. The van der Waals surface area contributed by atoms with Crippen LogP contribution >= 0.6 is 0 Å². The second kappa shape index (κ2) is 12.2. The second-order valence-electron chi connectivity index (χ2n) is 5.52. The van der Waals surface area contributed by atoms with Crippen LogP contribution < -0.4 is 4.72 Å². The molecule has 0 aliphatic rings. The maximum Gasteiger partial charge on any atom is 0.516 e. The topological polar surface area (TPSA) is 116 Å². The molecule has 0 heterocycles. The van der Waals surface area contributed by atoms with Crippen LogP contribution in [0.5, 0.6) is 0 Å². The van der Waals surface area contributed by atoms with Crippen molar-refractivity contribution in [1.82, 2.24) is 4.72 Å². The van der Waals surface area contributed by atoms with Gasteiger partial charge in [-0.25, -0.2) is 14.3 Å². The number of sulfonamides is 1. The summed E-state index contributed by atoms with van der Waals surface area (Å²) < 4.78 is 68.7. The van der Waals surface area contributed by atoms with Crippen LogP contribution in [-0.2, 0) is 33.9 Å². The zero-order valence-corrected chi connectivity index (χ0v) is 15.8. The first-order valence-corrected chi connectivity index (χ1v) is 9.65. The van der Waals surface area contributed by atoms with Crippen molar-refractivity contribution in [2.75, 3.05) is 6.61 Å². The predicted octanol–water partition coefficient (Wildman–Crippen LogP) is 2.12. The third kappa shape index (κ3) is 10.7. The Labute approximate surface area is 160 Å². The number of nitrogens with one attached hydrogen (secondary N) is 1. The highest BCUT2D eigenvalue weighted by Crippen LogP contribution is 2.21. The smallest absolute Gasteiger partial charge is 0.459 e. The average molecular weight is 429 g/mol. The van der Waals surface area contributed by atoms with Crippen LogP contribution in [-0.4, -0.2) is 44.5 Å². The zero-order valence-electron chi connectivity index (χ0n) is 15.0. The number of carbonyl (C=O) groups excluding carboxylic acids is 3. The molecule has 0 aromatic rings. The van der Waals surface area contributed by atoms with Crippen LogP contribution in [0.2, 0.25) is 0 Å². The molecule has 0 saturated carbocycles. The van der Waals surface area contributed by atoms with Gasteiger partial charge in [0.1, 0.15) is 12.7 Å². The summed E-state index contributed by atoms with van der Waals surface area (Å²) in [7, 11) is -5.69. The SMILES string of the molecule is C=CC(=O)OCC(CCCCCCC(=O)NS(=O)(=O)C(F)(F)F)OC(=O)C=C. The van der Waals surface area contributed by atoms with Crippen molar-refractivity contribution in [2.24, 2.45) is 0 Å². The summed E-state index contributed by atoms with van der Waals surface area (Å²) in [6.45, 7) is 6.30. The van der Waals surface area contributed by atoms with Crippen LogP contribution in [0.15, 0.2) is 25.3 Å². The highest BCUT2D eigenvalue weighted by molar-refractivity contribution is 7.90. The maximum atomic E-state index is 12.1. The van der Waals surface area contributed by atoms with Gasteiger partial charge in [-0.15, -0.1) is 0 Å². The number of halogens is 3. The Bertz CT molecular complexity index is 674. The summed E-state index contributed by atoms with van der Waals surface area (Å²) in [5, 5.41) is 0. The molecule has 8 nitrogen and oxygen atoms in total. The molecule has 12 heteroatoms. The molecule has 1 unspecified atom stereocenters. The maximum absolute atomic E-state index is 12.1. The summed E-state index contributed by atoms with van der Waals surface area (Å²) in [6, 6.07) is 0. The van der Waals surface area contributed by atoms with E-state index in [-0.39, 0.29) is 19.4 Å². The van der Waals surface area contributed by atoms with Crippen LogP contribution in [0, 0.1) is 0 Å². The molecule has 0 saturated heterocycles. The van der Waals surface area contributed by atoms with E-state index in [0.717, 1.165) is 16.9 Å². The summed E-state index contributed by atoms with van der Waals surface area (Å²) in [5.41, 5.74) is -5.55. The van der Waals surface area contributed by atoms with Gasteiger partial charge in [0, 0.05) is 18.6 Å². The molecular formula is C16H22F3NO7S. The Hall–Kier alpha value is -2.37. The number of rotatable bonds is 13. The van der Waals surface area contributed by atoms with Gasteiger partial charge in [-0.1, -0.05) is 26.0 Å². The molecule has 0 radical (unpaired) electrons. The Morgan fingerprint density at radius 1 is 1.00 bits per heavy atom. The number of amides is 1. The first-order valence-electron chi connectivity index (χ1n) is 8.17. The van der Waals surface area contributed by atoms with E-state index in [9.17, 15) is 36.0 Å². The van der Waals surface area contributed by atoms with Gasteiger partial charge in [-0.3, -0.25) is 4.79 Å². The van der Waals surface area contributed by atoms with E-state index in [1.807, 2.05) is 0 Å². The molecule has 0 aliphatic carbocycles. The molecule has 0 rings (SSSR count). The van der Waals surface area contributed by atoms with Gasteiger partial charge in [0.2, 0.25) is 5.91 Å². The molecule has 1 N–H and O–H groups in total. The third-order valence-corrected chi connectivity index (χ3v) is 4.37. The van der Waals surface area contributed by atoms with Gasteiger partial charge >= 0.3 is 27.5 Å². The molecule has 0 fully saturated rings. The molecule has 0 aromatic heterocycles. The first kappa shape index (κ1) is 25.6. The Morgan fingerprint density at radius 3 is 2.11 bits per heavy atom. The molecule has 0 spiro atoms. The predicted molar refractivity (Wildman–Crippen MR) is 92.1 cm³/mol. The van der Waals surface area contributed by atoms with E-state index < -0.39 is 39.5 Å². The van der Waals surface area contributed by atoms with Gasteiger partial charge in [0.05, 0.1) is 0 Å². The quantitative estimate of drug-likeness (QED) is 0.271. The normalized spacial score (nSPS) is 12.5. The molecule has 0 aromatic carbocycles.